The van der Waals surface area contributed by atoms with E-state index in [-0.39, 0.29) is 6.04 Å². The highest BCUT2D eigenvalue weighted by Gasteiger charge is 2.12. The van der Waals surface area contributed by atoms with Crippen molar-refractivity contribution in [3.63, 3.8) is 0 Å². The minimum absolute atomic E-state index is 0.189. The summed E-state index contributed by atoms with van der Waals surface area (Å²) in [7, 11) is 0. The van der Waals surface area contributed by atoms with Gasteiger partial charge in [-0.2, -0.15) is 0 Å². The zero-order valence-corrected chi connectivity index (χ0v) is 11.1. The summed E-state index contributed by atoms with van der Waals surface area (Å²) >= 11 is 0. The van der Waals surface area contributed by atoms with Crippen molar-refractivity contribution in [2.45, 2.75) is 45.2 Å². The number of hydrogen-bond acceptors (Lipinski definition) is 2. The predicted octanol–water partition coefficient (Wildman–Crippen LogP) is 2.94. The Balaban J connectivity index is 2.03. The summed E-state index contributed by atoms with van der Waals surface area (Å²) in [5.74, 6) is 2.82. The van der Waals surface area contributed by atoms with Crippen LogP contribution in [0.3, 0.4) is 0 Å². The molecule has 0 fully saturated rings. The van der Waals surface area contributed by atoms with Gasteiger partial charge in [-0.3, -0.25) is 5.32 Å². The van der Waals surface area contributed by atoms with Gasteiger partial charge in [-0.05, 0) is 30.4 Å². The Morgan fingerprint density at radius 2 is 2.39 bits per heavy atom. The molecule has 1 atom stereocenters. The van der Waals surface area contributed by atoms with Gasteiger partial charge in [-0.15, -0.1) is 6.42 Å². The molecule has 0 spiro atoms. The molecule has 1 aliphatic rings. The molecule has 18 heavy (non-hydrogen) atoms. The largest absolute Gasteiger partial charge is 0.385 e. The van der Waals surface area contributed by atoms with Gasteiger partial charge in [0.2, 0.25) is 0 Å². The maximum atomic E-state index is 5.53. The molecule has 2 heteroatoms. The van der Waals surface area contributed by atoms with Crippen LogP contribution in [0.2, 0.25) is 0 Å². The molecular formula is C16H22N2. The van der Waals surface area contributed by atoms with Crippen LogP contribution in [0.1, 0.15) is 37.3 Å². The molecule has 0 saturated heterocycles. The molecule has 0 bridgehead atoms. The Kier molecular flexibility index (Phi) is 4.66. The van der Waals surface area contributed by atoms with E-state index >= 15 is 0 Å². The van der Waals surface area contributed by atoms with E-state index in [1.165, 1.54) is 29.7 Å². The van der Waals surface area contributed by atoms with Gasteiger partial charge in [0.25, 0.3) is 0 Å². The van der Waals surface area contributed by atoms with Crippen LogP contribution in [0.4, 0.5) is 5.69 Å². The first-order valence-electron chi connectivity index (χ1n) is 6.89. The standard InChI is InChI=1S/C16H22N2/c1-3-7-15(4-2)18-12-14-9-5-8-13-10-6-11-17-16(13)14/h2,5,8-9,15,17-18H,3,6-7,10-12H2,1H3. The lowest BCUT2D eigenvalue weighted by molar-refractivity contribution is 0.563. The van der Waals surface area contributed by atoms with Crippen LogP contribution < -0.4 is 10.6 Å². The monoisotopic (exact) mass is 242 g/mol. The van der Waals surface area contributed by atoms with Crippen LogP contribution in [0.25, 0.3) is 0 Å². The number of aryl methyl sites for hydroxylation is 1. The van der Waals surface area contributed by atoms with E-state index in [0.717, 1.165) is 25.9 Å². The number of benzene rings is 1. The van der Waals surface area contributed by atoms with Gasteiger partial charge < -0.3 is 5.32 Å². The Hall–Kier alpha value is -1.46. The van der Waals surface area contributed by atoms with E-state index in [2.05, 4.69) is 41.7 Å². The number of nitrogens with one attached hydrogen (secondary N) is 2. The van der Waals surface area contributed by atoms with Crippen molar-refractivity contribution in [1.82, 2.24) is 5.32 Å². The highest BCUT2D eigenvalue weighted by atomic mass is 14.9. The molecule has 2 N–H and O–H groups in total. The van der Waals surface area contributed by atoms with E-state index in [0.29, 0.717) is 0 Å². The molecule has 0 radical (unpaired) electrons. The van der Waals surface area contributed by atoms with E-state index in [9.17, 15) is 0 Å². The zero-order chi connectivity index (χ0) is 12.8. The van der Waals surface area contributed by atoms with Crippen molar-refractivity contribution in [1.29, 1.82) is 0 Å². The molecule has 1 aromatic carbocycles. The first-order chi connectivity index (χ1) is 8.85. The van der Waals surface area contributed by atoms with E-state index in [4.69, 9.17) is 6.42 Å². The molecule has 96 valence electrons. The first-order valence-corrected chi connectivity index (χ1v) is 6.89. The summed E-state index contributed by atoms with van der Waals surface area (Å²) in [6.07, 6.45) is 10.1. The van der Waals surface area contributed by atoms with E-state index in [1.807, 2.05) is 0 Å². The van der Waals surface area contributed by atoms with Crippen molar-refractivity contribution >= 4 is 5.69 Å². The third-order valence-corrected chi connectivity index (χ3v) is 3.48. The second kappa shape index (κ2) is 6.47. The molecule has 1 aliphatic heterocycles. The lowest BCUT2D eigenvalue weighted by Crippen LogP contribution is -2.27. The lowest BCUT2D eigenvalue weighted by Gasteiger charge is -2.22. The summed E-state index contributed by atoms with van der Waals surface area (Å²) in [4.78, 5) is 0. The second-order valence-corrected chi connectivity index (χ2v) is 4.87. The van der Waals surface area contributed by atoms with Crippen LogP contribution >= 0.6 is 0 Å². The highest BCUT2D eigenvalue weighted by Crippen LogP contribution is 2.25. The average Bonchev–Trinajstić information content (AvgIpc) is 2.43. The van der Waals surface area contributed by atoms with E-state index in [1.54, 1.807) is 0 Å². The van der Waals surface area contributed by atoms with Gasteiger partial charge >= 0.3 is 0 Å². The fourth-order valence-corrected chi connectivity index (χ4v) is 2.49. The van der Waals surface area contributed by atoms with Gasteiger partial charge in [0.05, 0.1) is 6.04 Å². The highest BCUT2D eigenvalue weighted by molar-refractivity contribution is 5.59. The Bertz CT molecular complexity index is 431. The minimum atomic E-state index is 0.189. The topological polar surface area (TPSA) is 24.1 Å². The average molecular weight is 242 g/mol. The molecule has 1 unspecified atom stereocenters. The fourth-order valence-electron chi connectivity index (χ4n) is 2.49. The van der Waals surface area contributed by atoms with Crippen LogP contribution in [0.5, 0.6) is 0 Å². The van der Waals surface area contributed by atoms with Crippen LogP contribution in [0.15, 0.2) is 18.2 Å². The molecule has 0 aliphatic carbocycles. The molecule has 0 amide bonds. The number of rotatable bonds is 5. The maximum Gasteiger partial charge on any atom is 0.0689 e. The van der Waals surface area contributed by atoms with Gasteiger partial charge in [0, 0.05) is 18.8 Å². The first kappa shape index (κ1) is 13.0. The molecular weight excluding hydrogens is 220 g/mol. The minimum Gasteiger partial charge on any atom is -0.385 e. The zero-order valence-electron chi connectivity index (χ0n) is 11.1. The summed E-state index contributed by atoms with van der Waals surface area (Å²) in [5.41, 5.74) is 4.10. The number of hydrogen-bond donors (Lipinski definition) is 2. The second-order valence-electron chi connectivity index (χ2n) is 4.87. The smallest absolute Gasteiger partial charge is 0.0689 e. The molecule has 2 rings (SSSR count). The summed E-state index contributed by atoms with van der Waals surface area (Å²) in [5, 5.41) is 6.97. The van der Waals surface area contributed by atoms with Gasteiger partial charge in [-0.1, -0.05) is 37.5 Å². The van der Waals surface area contributed by atoms with Crippen molar-refractivity contribution < 1.29 is 0 Å². The molecule has 0 saturated carbocycles. The molecule has 1 heterocycles. The quantitative estimate of drug-likeness (QED) is 0.776. The SMILES string of the molecule is C#CC(CCC)NCc1cccc2c1NCCC2. The maximum absolute atomic E-state index is 5.53. The normalized spacial score (nSPS) is 15.3. The Morgan fingerprint density at radius 1 is 1.50 bits per heavy atom. The number of anilines is 1. The van der Waals surface area contributed by atoms with Crippen LogP contribution in [0, 0.1) is 12.3 Å². The Labute approximate surface area is 110 Å². The van der Waals surface area contributed by atoms with Gasteiger partial charge in [0.1, 0.15) is 0 Å². The van der Waals surface area contributed by atoms with Crippen LogP contribution in [-0.4, -0.2) is 12.6 Å². The predicted molar refractivity (Wildman–Crippen MR) is 77.6 cm³/mol. The lowest BCUT2D eigenvalue weighted by atomic mass is 9.99. The van der Waals surface area contributed by atoms with Crippen molar-refractivity contribution in [3.8, 4) is 12.3 Å². The van der Waals surface area contributed by atoms with Crippen molar-refractivity contribution in [3.05, 3.63) is 29.3 Å². The summed E-state index contributed by atoms with van der Waals surface area (Å²) in [6, 6.07) is 6.74. The molecule has 2 nitrogen and oxygen atoms in total. The fraction of sp³-hybridized carbons (Fsp3) is 0.500. The summed E-state index contributed by atoms with van der Waals surface area (Å²) < 4.78 is 0. The van der Waals surface area contributed by atoms with E-state index < -0.39 is 0 Å². The van der Waals surface area contributed by atoms with Crippen molar-refractivity contribution in [2.24, 2.45) is 0 Å². The Morgan fingerprint density at radius 3 is 3.17 bits per heavy atom. The number of para-hydroxylation sites is 1. The molecule has 1 aromatic rings. The third kappa shape index (κ3) is 3.05. The number of terminal acetylenes is 1. The summed E-state index contributed by atoms with van der Waals surface area (Å²) in [6.45, 7) is 4.10. The van der Waals surface area contributed by atoms with Crippen LogP contribution in [-0.2, 0) is 13.0 Å². The van der Waals surface area contributed by atoms with Gasteiger partial charge in [-0.25, -0.2) is 0 Å². The van der Waals surface area contributed by atoms with Crippen molar-refractivity contribution in [2.75, 3.05) is 11.9 Å². The third-order valence-electron chi connectivity index (χ3n) is 3.48. The van der Waals surface area contributed by atoms with Gasteiger partial charge in [0.15, 0.2) is 0 Å². The molecule has 0 aromatic heterocycles. The number of fused-ring (bicyclic) bond motifs is 1.